The molecule has 0 bridgehead atoms. The molecule has 4 nitrogen and oxygen atoms in total. The molecule has 1 aromatic rings. The Balaban J connectivity index is 3.22. The largest absolute Gasteiger partial charge is 0.479 e. The number of carboxylic acid groups (broad SMARTS) is 1. The molecule has 0 spiro atoms. The van der Waals surface area contributed by atoms with Crippen LogP contribution in [0.1, 0.15) is 18.3 Å². The molecule has 1 rings (SSSR count). The number of aliphatic hydroxyl groups is 1. The minimum Gasteiger partial charge on any atom is -0.479 e. The minimum atomic E-state index is -1.82. The number of carboxylic acids is 1. The lowest BCUT2D eigenvalue weighted by molar-refractivity contribution is -0.158. The molecule has 0 fully saturated rings. The molecule has 0 aliphatic carbocycles. The van der Waals surface area contributed by atoms with Crippen molar-refractivity contribution in [3.8, 4) is 0 Å². The van der Waals surface area contributed by atoms with E-state index in [-0.39, 0.29) is 0 Å². The number of aliphatic carboxylic acids is 1. The maximum atomic E-state index is 10.7. The summed E-state index contributed by atoms with van der Waals surface area (Å²) in [5.41, 5.74) is -0.516. The Morgan fingerprint density at radius 2 is 2.08 bits per heavy atom. The van der Waals surface area contributed by atoms with Gasteiger partial charge >= 0.3 is 5.97 Å². The monoisotopic (exact) mass is 183 g/mol. The Labute approximate surface area is 76.4 Å². The van der Waals surface area contributed by atoms with Crippen LogP contribution < -0.4 is 0 Å². The molecular formula is C9H13NO3. The number of aromatic nitrogens is 1. The Hall–Kier alpha value is -1.29. The Morgan fingerprint density at radius 1 is 1.54 bits per heavy atom. The van der Waals surface area contributed by atoms with Crippen LogP contribution in [0.15, 0.2) is 12.1 Å². The van der Waals surface area contributed by atoms with Crippen LogP contribution in [0.2, 0.25) is 0 Å². The molecule has 0 aliphatic rings. The summed E-state index contributed by atoms with van der Waals surface area (Å²) in [6.45, 7) is 3.12. The number of hydrogen-bond acceptors (Lipinski definition) is 2. The van der Waals surface area contributed by atoms with Gasteiger partial charge in [0, 0.05) is 12.7 Å². The highest BCUT2D eigenvalue weighted by molar-refractivity contribution is 5.78. The average molecular weight is 183 g/mol. The summed E-state index contributed by atoms with van der Waals surface area (Å²) >= 11 is 0. The summed E-state index contributed by atoms with van der Waals surface area (Å²) in [5.74, 6) is -1.24. The molecule has 1 aromatic heterocycles. The van der Waals surface area contributed by atoms with Crippen LogP contribution in [0.5, 0.6) is 0 Å². The van der Waals surface area contributed by atoms with Crippen molar-refractivity contribution in [3.05, 3.63) is 23.5 Å². The van der Waals surface area contributed by atoms with E-state index in [1.165, 1.54) is 6.92 Å². The first kappa shape index (κ1) is 9.80. The van der Waals surface area contributed by atoms with E-state index in [9.17, 15) is 9.90 Å². The van der Waals surface area contributed by atoms with Gasteiger partial charge in [-0.15, -0.1) is 0 Å². The van der Waals surface area contributed by atoms with Gasteiger partial charge in [-0.1, -0.05) is 0 Å². The molecule has 1 heterocycles. The standard InChI is InChI=1S/C9H13NO3/c1-6-4-5-7(10(6)3)9(2,13)8(11)12/h4-5,13H,1-3H3,(H,11,12). The second kappa shape index (κ2) is 2.88. The van der Waals surface area contributed by atoms with E-state index < -0.39 is 11.6 Å². The summed E-state index contributed by atoms with van der Waals surface area (Å²) in [6.07, 6.45) is 0. The SMILES string of the molecule is Cc1ccc(C(C)(O)C(=O)O)n1C. The van der Waals surface area contributed by atoms with Crippen molar-refractivity contribution in [1.29, 1.82) is 0 Å². The van der Waals surface area contributed by atoms with Crippen molar-refractivity contribution >= 4 is 5.97 Å². The molecule has 72 valence electrons. The zero-order valence-electron chi connectivity index (χ0n) is 7.90. The van der Waals surface area contributed by atoms with Gasteiger partial charge in [0.1, 0.15) is 0 Å². The fraction of sp³-hybridized carbons (Fsp3) is 0.444. The summed E-state index contributed by atoms with van der Waals surface area (Å²) in [6, 6.07) is 3.39. The maximum absolute atomic E-state index is 10.7. The number of nitrogens with zero attached hydrogens (tertiary/aromatic N) is 1. The first-order chi connectivity index (χ1) is 5.87. The lowest BCUT2D eigenvalue weighted by Crippen LogP contribution is -2.33. The zero-order chi connectivity index (χ0) is 10.2. The predicted octanol–water partition coefficient (Wildman–Crippen LogP) is 0.626. The third-order valence-electron chi connectivity index (χ3n) is 2.29. The first-order valence-electron chi connectivity index (χ1n) is 3.96. The van der Waals surface area contributed by atoms with Gasteiger partial charge in [0.25, 0.3) is 0 Å². The lowest BCUT2D eigenvalue weighted by Gasteiger charge is -2.19. The average Bonchev–Trinajstić information content (AvgIpc) is 2.33. The normalized spacial score (nSPS) is 15.4. The van der Waals surface area contributed by atoms with E-state index >= 15 is 0 Å². The van der Waals surface area contributed by atoms with Crippen molar-refractivity contribution in [2.24, 2.45) is 7.05 Å². The van der Waals surface area contributed by atoms with Gasteiger partial charge in [-0.3, -0.25) is 0 Å². The van der Waals surface area contributed by atoms with Gasteiger partial charge in [-0.05, 0) is 26.0 Å². The molecule has 4 heteroatoms. The van der Waals surface area contributed by atoms with Crippen LogP contribution in [0, 0.1) is 6.92 Å². The van der Waals surface area contributed by atoms with E-state index in [1.54, 1.807) is 23.7 Å². The number of carbonyl (C=O) groups is 1. The van der Waals surface area contributed by atoms with Gasteiger partial charge in [0.2, 0.25) is 0 Å². The van der Waals surface area contributed by atoms with Gasteiger partial charge in [-0.25, -0.2) is 4.79 Å². The van der Waals surface area contributed by atoms with E-state index in [0.717, 1.165) is 5.69 Å². The molecule has 0 aliphatic heterocycles. The number of aryl methyl sites for hydroxylation is 1. The van der Waals surface area contributed by atoms with Crippen LogP contribution in [0.4, 0.5) is 0 Å². The van der Waals surface area contributed by atoms with Crippen molar-refractivity contribution < 1.29 is 15.0 Å². The van der Waals surface area contributed by atoms with Crippen LogP contribution >= 0.6 is 0 Å². The lowest BCUT2D eigenvalue weighted by atomic mass is 10.0. The van der Waals surface area contributed by atoms with Crippen molar-refractivity contribution in [2.45, 2.75) is 19.4 Å². The first-order valence-corrected chi connectivity index (χ1v) is 3.96. The summed E-state index contributed by atoms with van der Waals surface area (Å²) in [4.78, 5) is 10.7. The molecule has 0 aromatic carbocycles. The summed E-state index contributed by atoms with van der Waals surface area (Å²) in [7, 11) is 1.72. The third kappa shape index (κ3) is 1.45. The third-order valence-corrected chi connectivity index (χ3v) is 2.29. The smallest absolute Gasteiger partial charge is 0.341 e. The fourth-order valence-corrected chi connectivity index (χ4v) is 1.21. The van der Waals surface area contributed by atoms with Crippen LogP contribution in [-0.2, 0) is 17.4 Å². The second-order valence-corrected chi connectivity index (χ2v) is 3.30. The molecule has 0 radical (unpaired) electrons. The second-order valence-electron chi connectivity index (χ2n) is 3.30. The zero-order valence-corrected chi connectivity index (χ0v) is 7.90. The highest BCUT2D eigenvalue weighted by atomic mass is 16.4. The number of rotatable bonds is 2. The fourth-order valence-electron chi connectivity index (χ4n) is 1.21. The van der Waals surface area contributed by atoms with Crippen LogP contribution in [0.3, 0.4) is 0 Å². The Morgan fingerprint density at radius 3 is 2.38 bits per heavy atom. The minimum absolute atomic E-state index is 0.387. The summed E-state index contributed by atoms with van der Waals surface area (Å²) < 4.78 is 1.66. The Bertz CT molecular complexity index is 339. The number of hydrogen-bond donors (Lipinski definition) is 2. The topological polar surface area (TPSA) is 62.5 Å². The van der Waals surface area contributed by atoms with Gasteiger partial charge in [-0.2, -0.15) is 0 Å². The summed E-state index contributed by atoms with van der Waals surface area (Å²) in [5, 5.41) is 18.4. The van der Waals surface area contributed by atoms with E-state index in [1.807, 2.05) is 6.92 Å². The van der Waals surface area contributed by atoms with Crippen molar-refractivity contribution in [1.82, 2.24) is 4.57 Å². The van der Waals surface area contributed by atoms with Crippen LogP contribution in [-0.4, -0.2) is 20.7 Å². The highest BCUT2D eigenvalue weighted by Crippen LogP contribution is 2.22. The molecule has 1 atom stereocenters. The van der Waals surface area contributed by atoms with Gasteiger partial charge < -0.3 is 14.8 Å². The molecular weight excluding hydrogens is 170 g/mol. The van der Waals surface area contributed by atoms with E-state index in [2.05, 4.69) is 0 Å². The molecule has 0 saturated carbocycles. The quantitative estimate of drug-likeness (QED) is 0.706. The van der Waals surface area contributed by atoms with Crippen LogP contribution in [0.25, 0.3) is 0 Å². The molecule has 13 heavy (non-hydrogen) atoms. The van der Waals surface area contributed by atoms with E-state index in [0.29, 0.717) is 5.69 Å². The van der Waals surface area contributed by atoms with Crippen molar-refractivity contribution in [2.75, 3.05) is 0 Å². The molecule has 0 amide bonds. The Kier molecular flexibility index (Phi) is 2.17. The predicted molar refractivity (Wildman–Crippen MR) is 47.4 cm³/mol. The highest BCUT2D eigenvalue weighted by Gasteiger charge is 2.34. The van der Waals surface area contributed by atoms with Gasteiger partial charge in [0.15, 0.2) is 5.60 Å². The molecule has 0 saturated heterocycles. The van der Waals surface area contributed by atoms with Gasteiger partial charge in [0.05, 0.1) is 5.69 Å². The molecule has 2 N–H and O–H groups in total. The van der Waals surface area contributed by atoms with Crippen molar-refractivity contribution in [3.63, 3.8) is 0 Å². The molecule has 1 unspecified atom stereocenters. The van der Waals surface area contributed by atoms with E-state index in [4.69, 9.17) is 5.11 Å². The maximum Gasteiger partial charge on any atom is 0.341 e.